The fourth-order valence-electron chi connectivity index (χ4n) is 6.04. The van der Waals surface area contributed by atoms with Crippen LogP contribution < -0.4 is 9.47 Å². The Hall–Kier alpha value is -2.06. The molecule has 2 aliphatic carbocycles. The largest absolute Gasteiger partial charge is 0.486 e. The minimum atomic E-state index is -0.158. The second-order valence-electron chi connectivity index (χ2n) is 10.8. The molecule has 1 aromatic carbocycles. The Morgan fingerprint density at radius 2 is 1.07 bits per heavy atom. The second-order valence-corrected chi connectivity index (χ2v) is 16.3. The first-order valence-electron chi connectivity index (χ1n) is 14.2. The first-order valence-corrected chi connectivity index (χ1v) is 18.1. The zero-order chi connectivity index (χ0) is 30.1. The van der Waals surface area contributed by atoms with Gasteiger partial charge in [-0.1, -0.05) is 0 Å². The predicted octanol–water partition coefficient (Wildman–Crippen LogP) is 8.89. The molecule has 3 aromatic heterocycles. The fraction of sp³-hybridized carbons (Fsp3) is 0.467. The molecule has 43 heavy (non-hydrogen) atoms. The number of rotatable bonds is 8. The van der Waals surface area contributed by atoms with E-state index in [1.54, 1.807) is 22.7 Å². The monoisotopic (exact) mass is 768 g/mol. The molecule has 13 heteroatoms. The Bertz CT molecular complexity index is 1500. The molecule has 3 heterocycles. The normalized spacial score (nSPS) is 22.3. The summed E-state index contributed by atoms with van der Waals surface area (Å²) in [4.78, 5) is 26.4. The Balaban J connectivity index is 1.46. The van der Waals surface area contributed by atoms with E-state index in [1.165, 1.54) is 25.9 Å². The first kappa shape index (κ1) is 30.9. The van der Waals surface area contributed by atoms with Gasteiger partial charge in [0.2, 0.25) is 0 Å². The maximum atomic E-state index is 12.2. The summed E-state index contributed by atoms with van der Waals surface area (Å²) in [5, 5.41) is 0. The molecule has 228 valence electrons. The molecule has 0 spiro atoms. The number of aromatic nitrogens is 2. The molecule has 0 atom stereocenters. The first-order chi connectivity index (χ1) is 20.9. The summed E-state index contributed by atoms with van der Waals surface area (Å²) in [6, 6.07) is 8.18. The SMILES string of the molecule is COC(=O)C1CCC(Oc2c(OC3CCC(C(=O)OC)CC3)c(-c3ccc(Br)s3)c3nsnc3c2-c2ccc(Br)s2)CC1. The summed E-state index contributed by atoms with van der Waals surface area (Å²) in [5.41, 5.74) is 3.29. The van der Waals surface area contributed by atoms with Crippen LogP contribution in [-0.4, -0.2) is 47.1 Å². The highest BCUT2D eigenvalue weighted by Gasteiger charge is 2.35. The Kier molecular flexibility index (Phi) is 9.73. The fourth-order valence-corrected chi connectivity index (χ4v) is 9.46. The topological polar surface area (TPSA) is 96.8 Å². The number of ether oxygens (including phenoxy) is 4. The number of esters is 2. The Labute approximate surface area is 278 Å². The van der Waals surface area contributed by atoms with Crippen LogP contribution in [0.25, 0.3) is 31.9 Å². The third kappa shape index (κ3) is 6.51. The van der Waals surface area contributed by atoms with Crippen LogP contribution in [0.4, 0.5) is 0 Å². The molecule has 0 radical (unpaired) electrons. The molecule has 8 nitrogen and oxygen atoms in total. The van der Waals surface area contributed by atoms with Crippen LogP contribution in [0.5, 0.6) is 11.5 Å². The molecule has 0 N–H and O–H groups in total. The maximum absolute atomic E-state index is 12.2. The van der Waals surface area contributed by atoms with E-state index in [4.69, 9.17) is 27.7 Å². The van der Waals surface area contributed by atoms with Crippen molar-refractivity contribution in [2.75, 3.05) is 14.2 Å². The van der Waals surface area contributed by atoms with Gasteiger partial charge in [0.1, 0.15) is 11.0 Å². The van der Waals surface area contributed by atoms with Gasteiger partial charge in [0.05, 0.1) is 68.7 Å². The number of carbonyl (C=O) groups excluding carboxylic acids is 2. The summed E-state index contributed by atoms with van der Waals surface area (Å²) in [5.74, 6) is 0.783. The number of nitrogens with zero attached hydrogens (tertiary/aromatic N) is 2. The zero-order valence-electron chi connectivity index (χ0n) is 23.6. The van der Waals surface area contributed by atoms with Crippen molar-refractivity contribution in [3.8, 4) is 32.4 Å². The molecule has 6 rings (SSSR count). The Morgan fingerprint density at radius 3 is 1.40 bits per heavy atom. The Morgan fingerprint density at radius 1 is 0.674 bits per heavy atom. The van der Waals surface area contributed by atoms with Gasteiger partial charge in [-0.15, -0.1) is 22.7 Å². The van der Waals surface area contributed by atoms with E-state index in [1.807, 2.05) is 12.1 Å². The van der Waals surface area contributed by atoms with Crippen LogP contribution in [0.3, 0.4) is 0 Å². The van der Waals surface area contributed by atoms with E-state index in [0.717, 1.165) is 65.2 Å². The molecular weight excluding hydrogens is 740 g/mol. The average molecular weight is 771 g/mol. The highest BCUT2D eigenvalue weighted by molar-refractivity contribution is 9.11. The zero-order valence-corrected chi connectivity index (χ0v) is 29.2. The molecule has 2 aliphatic rings. The van der Waals surface area contributed by atoms with Gasteiger partial charge in [-0.05, 0) is 107 Å². The van der Waals surface area contributed by atoms with E-state index in [2.05, 4.69) is 44.0 Å². The van der Waals surface area contributed by atoms with Gasteiger partial charge in [-0.2, -0.15) is 8.75 Å². The number of hydrogen-bond acceptors (Lipinski definition) is 11. The third-order valence-corrected chi connectivity index (χ3v) is 12.1. The third-order valence-electron chi connectivity index (χ3n) is 8.25. The van der Waals surface area contributed by atoms with Crippen molar-refractivity contribution in [2.24, 2.45) is 11.8 Å². The number of fused-ring (bicyclic) bond motifs is 1. The molecule has 0 amide bonds. The molecule has 2 saturated carbocycles. The smallest absolute Gasteiger partial charge is 0.308 e. The van der Waals surface area contributed by atoms with Crippen molar-refractivity contribution in [3.05, 3.63) is 31.8 Å². The van der Waals surface area contributed by atoms with E-state index >= 15 is 0 Å². The van der Waals surface area contributed by atoms with Crippen molar-refractivity contribution >= 4 is 89.2 Å². The minimum Gasteiger partial charge on any atom is -0.486 e. The predicted molar refractivity (Wildman–Crippen MR) is 176 cm³/mol. The quantitative estimate of drug-likeness (QED) is 0.164. The van der Waals surface area contributed by atoms with E-state index in [-0.39, 0.29) is 36.0 Å². The number of benzene rings is 1. The molecular formula is C30H30Br2N2O6S3. The van der Waals surface area contributed by atoms with Crippen molar-refractivity contribution in [1.29, 1.82) is 0 Å². The molecule has 4 aromatic rings. The molecule has 0 unspecified atom stereocenters. The lowest BCUT2D eigenvalue weighted by Gasteiger charge is -2.32. The van der Waals surface area contributed by atoms with Crippen LogP contribution >= 0.6 is 66.3 Å². The second kappa shape index (κ2) is 13.5. The summed E-state index contributed by atoms with van der Waals surface area (Å²) in [7, 11) is 2.89. The summed E-state index contributed by atoms with van der Waals surface area (Å²) in [6.45, 7) is 0. The summed E-state index contributed by atoms with van der Waals surface area (Å²) >= 11 is 11.7. The molecule has 0 saturated heterocycles. The number of thiophene rings is 2. The van der Waals surface area contributed by atoms with Gasteiger partial charge in [-0.3, -0.25) is 9.59 Å². The number of methoxy groups -OCH3 is 2. The number of hydrogen-bond donors (Lipinski definition) is 0. The van der Waals surface area contributed by atoms with Gasteiger partial charge >= 0.3 is 11.9 Å². The highest BCUT2D eigenvalue weighted by atomic mass is 79.9. The van der Waals surface area contributed by atoms with E-state index in [9.17, 15) is 9.59 Å². The minimum absolute atomic E-state index is 0.104. The van der Waals surface area contributed by atoms with Crippen LogP contribution in [0.2, 0.25) is 0 Å². The summed E-state index contributed by atoms with van der Waals surface area (Å²) in [6.07, 6.45) is 5.52. The molecule has 0 aliphatic heterocycles. The number of halogens is 2. The lowest BCUT2D eigenvalue weighted by molar-refractivity contribution is -0.148. The van der Waals surface area contributed by atoms with Crippen LogP contribution in [0, 0.1) is 11.8 Å². The van der Waals surface area contributed by atoms with Crippen molar-refractivity contribution in [1.82, 2.24) is 8.75 Å². The van der Waals surface area contributed by atoms with E-state index < -0.39 is 0 Å². The van der Waals surface area contributed by atoms with Crippen molar-refractivity contribution in [3.63, 3.8) is 0 Å². The average Bonchev–Trinajstić information content (AvgIpc) is 3.79. The lowest BCUT2D eigenvalue weighted by Crippen LogP contribution is -2.30. The highest BCUT2D eigenvalue weighted by Crippen LogP contribution is 2.54. The van der Waals surface area contributed by atoms with E-state index in [0.29, 0.717) is 37.2 Å². The summed E-state index contributed by atoms with van der Waals surface area (Å²) < 4.78 is 35.6. The van der Waals surface area contributed by atoms with Gasteiger partial charge in [0, 0.05) is 9.75 Å². The molecule has 2 fully saturated rings. The van der Waals surface area contributed by atoms with Gasteiger partial charge < -0.3 is 18.9 Å². The number of carbonyl (C=O) groups is 2. The van der Waals surface area contributed by atoms with Crippen LogP contribution in [0.1, 0.15) is 51.4 Å². The lowest BCUT2D eigenvalue weighted by atomic mass is 9.87. The molecule has 0 bridgehead atoms. The van der Waals surface area contributed by atoms with Gasteiger partial charge in [0.15, 0.2) is 11.5 Å². The van der Waals surface area contributed by atoms with Crippen LogP contribution in [0.15, 0.2) is 31.8 Å². The van der Waals surface area contributed by atoms with Crippen molar-refractivity contribution in [2.45, 2.75) is 63.6 Å². The van der Waals surface area contributed by atoms with Crippen molar-refractivity contribution < 1.29 is 28.5 Å². The van der Waals surface area contributed by atoms with Crippen LogP contribution in [-0.2, 0) is 19.1 Å². The van der Waals surface area contributed by atoms with Gasteiger partial charge in [0.25, 0.3) is 0 Å². The maximum Gasteiger partial charge on any atom is 0.308 e. The standard InChI is InChI=1S/C30H30Br2N2O6S3/c1-37-29(35)15-3-7-17(8-4-15)39-27-23(19-11-13-21(31)41-19)25-26(34-43-33-25)24(20-12-14-22(32)42-20)28(27)40-18-9-5-16(6-10-18)30(36)38-2/h11-18H,3-10H2,1-2H3. The van der Waals surface area contributed by atoms with Gasteiger partial charge in [-0.25, -0.2) is 0 Å².